The number of hydrogen-bond acceptors (Lipinski definition) is 7. The average molecular weight is 372 g/mol. The Morgan fingerprint density at radius 3 is 2.85 bits per heavy atom. The van der Waals surface area contributed by atoms with Crippen LogP contribution in [0.1, 0.15) is 25.3 Å². The van der Waals surface area contributed by atoms with E-state index in [0.717, 1.165) is 11.4 Å². The maximum atomic E-state index is 12.7. The molecule has 136 valence electrons. The number of hydrogen-bond donors (Lipinski definition) is 1. The summed E-state index contributed by atoms with van der Waals surface area (Å²) in [5.41, 5.74) is 7.06. The molecule has 2 atom stereocenters. The molecule has 0 spiro atoms. The third-order valence-corrected chi connectivity index (χ3v) is 5.16. The first kappa shape index (κ1) is 18.3. The third kappa shape index (κ3) is 3.54. The highest BCUT2D eigenvalue weighted by Crippen LogP contribution is 2.24. The zero-order valence-electron chi connectivity index (χ0n) is 14.8. The fourth-order valence-corrected chi connectivity index (χ4v) is 3.12. The van der Waals surface area contributed by atoms with Crippen molar-refractivity contribution < 1.29 is 13.9 Å². The molecule has 0 aliphatic carbocycles. The van der Waals surface area contributed by atoms with Gasteiger partial charge in [0.25, 0.3) is 0 Å². The summed E-state index contributed by atoms with van der Waals surface area (Å²) in [7, 11) is 0. The van der Waals surface area contributed by atoms with Gasteiger partial charge in [-0.1, -0.05) is 20.3 Å². The molecule has 7 heteroatoms. The molecule has 0 amide bonds. The Morgan fingerprint density at radius 1 is 1.42 bits per heavy atom. The van der Waals surface area contributed by atoms with Crippen molar-refractivity contribution in [3.05, 3.63) is 45.1 Å². The monoisotopic (exact) mass is 372 g/mol. The first-order valence-electron chi connectivity index (χ1n) is 8.36. The molecule has 0 bridgehead atoms. The highest BCUT2D eigenvalue weighted by atomic mass is 32.1. The highest BCUT2D eigenvalue weighted by molar-refractivity contribution is 7.09. The fourth-order valence-electron chi connectivity index (χ4n) is 2.51. The number of benzene rings is 1. The van der Waals surface area contributed by atoms with Crippen LogP contribution >= 0.6 is 11.3 Å². The summed E-state index contributed by atoms with van der Waals surface area (Å²) in [5, 5.41) is 3.10. The maximum absolute atomic E-state index is 12.7. The second kappa shape index (κ2) is 7.39. The van der Waals surface area contributed by atoms with Crippen LogP contribution in [0.15, 0.2) is 39.1 Å². The van der Waals surface area contributed by atoms with Gasteiger partial charge in [0.2, 0.25) is 5.43 Å². The predicted octanol–water partition coefficient (Wildman–Crippen LogP) is 3.50. The number of thiazole rings is 1. The standard InChI is InChI=1S/C19H20N2O4S/c1-4-10(2)17(20)19(23)25-12-5-6-13-16(7-12)24-8-14(18(13)22)15-9-26-11(3)21-15/h5-10,17H,4,20H2,1-3H3/t10-,17+/m0/s1. The van der Waals surface area contributed by atoms with Crippen molar-refractivity contribution in [1.82, 2.24) is 4.98 Å². The van der Waals surface area contributed by atoms with E-state index in [1.165, 1.54) is 23.7 Å². The average Bonchev–Trinajstić information content (AvgIpc) is 3.06. The summed E-state index contributed by atoms with van der Waals surface area (Å²) < 4.78 is 10.9. The molecule has 1 aromatic carbocycles. The van der Waals surface area contributed by atoms with Crippen molar-refractivity contribution >= 4 is 28.3 Å². The molecule has 3 aromatic rings. The smallest absolute Gasteiger partial charge is 0.328 e. The molecule has 6 nitrogen and oxygen atoms in total. The molecule has 2 heterocycles. The predicted molar refractivity (Wildman–Crippen MR) is 101 cm³/mol. The van der Waals surface area contributed by atoms with E-state index in [4.69, 9.17) is 14.9 Å². The molecule has 26 heavy (non-hydrogen) atoms. The van der Waals surface area contributed by atoms with Crippen molar-refractivity contribution in [2.24, 2.45) is 11.7 Å². The van der Waals surface area contributed by atoms with Gasteiger partial charge < -0.3 is 14.9 Å². The normalized spacial score (nSPS) is 13.5. The first-order valence-corrected chi connectivity index (χ1v) is 9.24. The Hall–Kier alpha value is -2.51. The van der Waals surface area contributed by atoms with Gasteiger partial charge >= 0.3 is 5.97 Å². The number of ether oxygens (including phenoxy) is 1. The third-order valence-electron chi connectivity index (χ3n) is 4.39. The van der Waals surface area contributed by atoms with Crippen LogP contribution in [0.5, 0.6) is 5.75 Å². The number of aryl methyl sites for hydroxylation is 1. The molecule has 0 radical (unpaired) electrons. The van der Waals surface area contributed by atoms with Crippen LogP contribution in [0, 0.1) is 12.8 Å². The number of carbonyl (C=O) groups is 1. The van der Waals surface area contributed by atoms with E-state index >= 15 is 0 Å². The molecule has 0 saturated heterocycles. The summed E-state index contributed by atoms with van der Waals surface area (Å²) >= 11 is 1.47. The van der Waals surface area contributed by atoms with Crippen LogP contribution in [0.3, 0.4) is 0 Å². The number of rotatable bonds is 5. The molecule has 2 aromatic heterocycles. The van der Waals surface area contributed by atoms with Gasteiger partial charge in [0.1, 0.15) is 23.6 Å². The molecule has 0 fully saturated rings. The number of nitrogens with zero attached hydrogens (tertiary/aromatic N) is 1. The lowest BCUT2D eigenvalue weighted by atomic mass is 10.0. The van der Waals surface area contributed by atoms with Gasteiger partial charge in [0.15, 0.2) is 0 Å². The van der Waals surface area contributed by atoms with Crippen molar-refractivity contribution in [2.75, 3.05) is 0 Å². The number of aromatic nitrogens is 1. The van der Waals surface area contributed by atoms with Gasteiger partial charge in [0, 0.05) is 11.4 Å². The Kier molecular flexibility index (Phi) is 5.20. The summed E-state index contributed by atoms with van der Waals surface area (Å²) in [6, 6.07) is 3.98. The fraction of sp³-hybridized carbons (Fsp3) is 0.316. The van der Waals surface area contributed by atoms with Gasteiger partial charge in [-0.3, -0.25) is 4.79 Å². The number of esters is 1. The molecule has 2 N–H and O–H groups in total. The van der Waals surface area contributed by atoms with E-state index in [0.29, 0.717) is 28.0 Å². The van der Waals surface area contributed by atoms with Crippen molar-refractivity contribution in [2.45, 2.75) is 33.2 Å². The van der Waals surface area contributed by atoms with E-state index in [1.54, 1.807) is 12.1 Å². The van der Waals surface area contributed by atoms with Crippen LogP contribution in [0.4, 0.5) is 0 Å². The van der Waals surface area contributed by atoms with Crippen LogP contribution < -0.4 is 15.9 Å². The summed E-state index contributed by atoms with van der Waals surface area (Å²) in [6.07, 6.45) is 2.16. The van der Waals surface area contributed by atoms with E-state index in [9.17, 15) is 9.59 Å². The summed E-state index contributed by atoms with van der Waals surface area (Å²) in [5.74, 6) is -0.192. The Labute approximate surface area is 154 Å². The lowest BCUT2D eigenvalue weighted by molar-refractivity contribution is -0.137. The zero-order chi connectivity index (χ0) is 18.8. The largest absolute Gasteiger partial charge is 0.463 e. The molecule has 0 aliphatic heterocycles. The highest BCUT2D eigenvalue weighted by Gasteiger charge is 2.22. The van der Waals surface area contributed by atoms with Gasteiger partial charge in [-0.25, -0.2) is 9.78 Å². The van der Waals surface area contributed by atoms with Gasteiger partial charge in [-0.05, 0) is 25.0 Å². The zero-order valence-corrected chi connectivity index (χ0v) is 15.6. The van der Waals surface area contributed by atoms with E-state index in [-0.39, 0.29) is 11.3 Å². The summed E-state index contributed by atoms with van der Waals surface area (Å²) in [4.78, 5) is 29.1. The Bertz CT molecular complexity index is 1010. The molecular formula is C19H20N2O4S. The van der Waals surface area contributed by atoms with Crippen LogP contribution in [0.2, 0.25) is 0 Å². The molecule has 3 rings (SSSR count). The van der Waals surface area contributed by atoms with Gasteiger partial charge in [0.05, 0.1) is 21.7 Å². The minimum atomic E-state index is -0.696. The quantitative estimate of drug-likeness (QED) is 0.544. The molecular weight excluding hydrogens is 352 g/mol. The number of nitrogens with two attached hydrogens (primary N) is 1. The van der Waals surface area contributed by atoms with Crippen molar-refractivity contribution in [3.63, 3.8) is 0 Å². The van der Waals surface area contributed by atoms with Crippen LogP contribution in [0.25, 0.3) is 22.2 Å². The second-order valence-electron chi connectivity index (χ2n) is 6.22. The minimum absolute atomic E-state index is 0.0185. The maximum Gasteiger partial charge on any atom is 0.328 e. The van der Waals surface area contributed by atoms with Crippen molar-refractivity contribution in [1.29, 1.82) is 0 Å². The second-order valence-corrected chi connectivity index (χ2v) is 7.28. The van der Waals surface area contributed by atoms with Gasteiger partial charge in [-0.2, -0.15) is 0 Å². The van der Waals surface area contributed by atoms with E-state index in [1.807, 2.05) is 26.2 Å². The lowest BCUT2D eigenvalue weighted by Gasteiger charge is -2.16. The van der Waals surface area contributed by atoms with E-state index < -0.39 is 12.0 Å². The first-order chi connectivity index (χ1) is 12.4. The summed E-state index contributed by atoms with van der Waals surface area (Å²) in [6.45, 7) is 5.73. The topological polar surface area (TPSA) is 95.4 Å². The van der Waals surface area contributed by atoms with Crippen LogP contribution in [-0.4, -0.2) is 17.0 Å². The Balaban J connectivity index is 1.91. The van der Waals surface area contributed by atoms with E-state index in [2.05, 4.69) is 4.98 Å². The van der Waals surface area contributed by atoms with Gasteiger partial charge in [-0.15, -0.1) is 11.3 Å². The molecule has 0 unspecified atom stereocenters. The number of fused-ring (bicyclic) bond motifs is 1. The minimum Gasteiger partial charge on any atom is -0.463 e. The SMILES string of the molecule is CC[C@H](C)[C@@H](N)C(=O)Oc1ccc2c(=O)c(-c3csc(C)n3)coc2c1. The number of carbonyl (C=O) groups excluding carboxylic acids is 1. The van der Waals surface area contributed by atoms with Crippen LogP contribution in [-0.2, 0) is 4.79 Å². The Morgan fingerprint density at radius 2 is 2.19 bits per heavy atom. The molecule has 0 aliphatic rings. The molecule has 0 saturated carbocycles. The lowest BCUT2D eigenvalue weighted by Crippen LogP contribution is -2.39. The van der Waals surface area contributed by atoms with Crippen molar-refractivity contribution in [3.8, 4) is 17.0 Å².